The first kappa shape index (κ1) is 10.4. The molecule has 0 amide bonds. The van der Waals surface area contributed by atoms with Crippen LogP contribution in [0.25, 0.3) is 0 Å². The third kappa shape index (κ3) is 2.27. The van der Waals surface area contributed by atoms with Crippen LogP contribution in [-0.4, -0.2) is 26.3 Å². The number of sulfonamides is 1. The van der Waals surface area contributed by atoms with E-state index in [4.69, 9.17) is 5.73 Å². The molecule has 2 rings (SSSR count). The Hall–Kier alpha value is -0.130. The molecule has 2 atom stereocenters. The number of nitrogens with two attached hydrogens (primary N) is 1. The van der Waals surface area contributed by atoms with Crippen LogP contribution < -0.4 is 10.5 Å². The van der Waals surface area contributed by atoms with Gasteiger partial charge < -0.3 is 5.73 Å². The highest BCUT2D eigenvalue weighted by atomic mass is 32.2. The van der Waals surface area contributed by atoms with Gasteiger partial charge in [0, 0.05) is 12.6 Å². The van der Waals surface area contributed by atoms with Gasteiger partial charge in [0.2, 0.25) is 10.0 Å². The summed E-state index contributed by atoms with van der Waals surface area (Å²) in [4.78, 5) is 0. The van der Waals surface area contributed by atoms with Crippen LogP contribution in [-0.2, 0) is 10.0 Å². The molecule has 2 aliphatic carbocycles. The molecule has 4 nitrogen and oxygen atoms in total. The van der Waals surface area contributed by atoms with Crippen molar-refractivity contribution in [3.05, 3.63) is 0 Å². The van der Waals surface area contributed by atoms with E-state index in [0.717, 1.165) is 32.1 Å². The van der Waals surface area contributed by atoms with Crippen LogP contribution in [0.2, 0.25) is 0 Å². The van der Waals surface area contributed by atoms with Gasteiger partial charge in [-0.05, 0) is 31.6 Å². The first-order valence-electron chi connectivity index (χ1n) is 5.33. The van der Waals surface area contributed by atoms with E-state index >= 15 is 0 Å². The first-order valence-corrected chi connectivity index (χ1v) is 6.88. The third-order valence-electron chi connectivity index (χ3n) is 3.23. The highest BCUT2D eigenvalue weighted by Gasteiger charge is 2.36. The van der Waals surface area contributed by atoms with E-state index in [2.05, 4.69) is 4.72 Å². The van der Waals surface area contributed by atoms with Crippen molar-refractivity contribution in [2.24, 2.45) is 11.7 Å². The monoisotopic (exact) mass is 218 g/mol. The Bertz CT molecular complexity index is 298. The lowest BCUT2D eigenvalue weighted by molar-refractivity contribution is 0.469. The fraction of sp³-hybridized carbons (Fsp3) is 1.00. The van der Waals surface area contributed by atoms with Gasteiger partial charge in [0.1, 0.15) is 0 Å². The Morgan fingerprint density at radius 3 is 2.43 bits per heavy atom. The highest BCUT2D eigenvalue weighted by Crippen LogP contribution is 2.28. The summed E-state index contributed by atoms with van der Waals surface area (Å²) >= 11 is 0. The van der Waals surface area contributed by atoms with Crippen molar-refractivity contribution in [1.29, 1.82) is 0 Å². The van der Waals surface area contributed by atoms with Crippen molar-refractivity contribution in [2.75, 3.05) is 6.54 Å². The summed E-state index contributed by atoms with van der Waals surface area (Å²) in [6.07, 6.45) is 4.89. The van der Waals surface area contributed by atoms with Crippen molar-refractivity contribution in [3.8, 4) is 0 Å². The summed E-state index contributed by atoms with van der Waals surface area (Å²) in [5.74, 6) is 0.350. The molecule has 0 aromatic carbocycles. The van der Waals surface area contributed by atoms with Crippen LogP contribution >= 0.6 is 0 Å². The van der Waals surface area contributed by atoms with Gasteiger partial charge in [-0.15, -0.1) is 0 Å². The van der Waals surface area contributed by atoms with Crippen LogP contribution in [0, 0.1) is 5.92 Å². The number of hydrogen-bond donors (Lipinski definition) is 2. The Kier molecular flexibility index (Phi) is 2.81. The van der Waals surface area contributed by atoms with Crippen LogP contribution in [0.5, 0.6) is 0 Å². The second kappa shape index (κ2) is 3.79. The molecule has 82 valence electrons. The Morgan fingerprint density at radius 2 is 1.93 bits per heavy atom. The van der Waals surface area contributed by atoms with E-state index in [1.165, 1.54) is 0 Å². The smallest absolute Gasteiger partial charge is 0.214 e. The summed E-state index contributed by atoms with van der Waals surface area (Å²) < 4.78 is 25.7. The quantitative estimate of drug-likeness (QED) is 0.708. The summed E-state index contributed by atoms with van der Waals surface area (Å²) in [6, 6.07) is 0.192. The zero-order chi connectivity index (χ0) is 10.2. The number of rotatable bonds is 4. The molecule has 2 aliphatic rings. The highest BCUT2D eigenvalue weighted by molar-refractivity contribution is 7.90. The van der Waals surface area contributed by atoms with E-state index in [1.54, 1.807) is 0 Å². The minimum absolute atomic E-state index is 0.111. The van der Waals surface area contributed by atoms with Gasteiger partial charge in [-0.3, -0.25) is 0 Å². The van der Waals surface area contributed by atoms with Crippen molar-refractivity contribution < 1.29 is 8.42 Å². The standard InChI is InChI=1S/C9H18N2O2S/c10-9-3-1-2-7(9)6-11-14(12,13)8-4-5-8/h7-9,11H,1-6,10H2. The average Bonchev–Trinajstić information content (AvgIpc) is 2.89. The van der Waals surface area contributed by atoms with E-state index in [9.17, 15) is 8.42 Å². The summed E-state index contributed by atoms with van der Waals surface area (Å²) in [5.41, 5.74) is 5.87. The largest absolute Gasteiger partial charge is 0.327 e. The fourth-order valence-corrected chi connectivity index (χ4v) is 3.48. The van der Waals surface area contributed by atoms with Crippen molar-refractivity contribution in [2.45, 2.75) is 43.4 Å². The van der Waals surface area contributed by atoms with Crippen LogP contribution in [0.1, 0.15) is 32.1 Å². The SMILES string of the molecule is NC1CCCC1CNS(=O)(=O)C1CC1. The lowest BCUT2D eigenvalue weighted by Gasteiger charge is -2.15. The molecule has 0 heterocycles. The van der Waals surface area contributed by atoms with Crippen molar-refractivity contribution >= 4 is 10.0 Å². The number of hydrogen-bond acceptors (Lipinski definition) is 3. The lowest BCUT2D eigenvalue weighted by Crippen LogP contribution is -2.37. The van der Waals surface area contributed by atoms with Crippen LogP contribution in [0.15, 0.2) is 0 Å². The normalized spacial score (nSPS) is 33.5. The van der Waals surface area contributed by atoms with Gasteiger partial charge in [0.05, 0.1) is 5.25 Å². The third-order valence-corrected chi connectivity index (χ3v) is 5.15. The molecule has 14 heavy (non-hydrogen) atoms. The second-order valence-corrected chi connectivity index (χ2v) is 6.49. The fourth-order valence-electron chi connectivity index (χ4n) is 2.04. The van der Waals surface area contributed by atoms with E-state index in [0.29, 0.717) is 12.5 Å². The van der Waals surface area contributed by atoms with Gasteiger partial charge in [0.15, 0.2) is 0 Å². The Balaban J connectivity index is 1.81. The van der Waals surface area contributed by atoms with Gasteiger partial charge in [-0.25, -0.2) is 13.1 Å². The summed E-state index contributed by atoms with van der Waals surface area (Å²) in [6.45, 7) is 0.542. The minimum Gasteiger partial charge on any atom is -0.327 e. The zero-order valence-electron chi connectivity index (χ0n) is 8.28. The molecule has 0 saturated heterocycles. The molecular formula is C9H18N2O2S. The molecule has 3 N–H and O–H groups in total. The summed E-state index contributed by atoms with van der Waals surface area (Å²) in [5, 5.41) is -0.111. The van der Waals surface area contributed by atoms with Crippen molar-refractivity contribution in [3.63, 3.8) is 0 Å². The molecule has 0 radical (unpaired) electrons. The molecule has 2 saturated carbocycles. The van der Waals surface area contributed by atoms with E-state index in [-0.39, 0.29) is 11.3 Å². The molecular weight excluding hydrogens is 200 g/mol. The average molecular weight is 218 g/mol. The van der Waals surface area contributed by atoms with Crippen LogP contribution in [0.3, 0.4) is 0 Å². The molecule has 2 fully saturated rings. The molecule has 0 aliphatic heterocycles. The Morgan fingerprint density at radius 1 is 1.21 bits per heavy atom. The molecule has 0 aromatic rings. The van der Waals surface area contributed by atoms with Crippen LogP contribution in [0.4, 0.5) is 0 Å². The lowest BCUT2D eigenvalue weighted by atomic mass is 10.1. The molecule has 0 spiro atoms. The molecule has 5 heteroatoms. The maximum Gasteiger partial charge on any atom is 0.214 e. The van der Waals surface area contributed by atoms with Gasteiger partial charge in [-0.1, -0.05) is 6.42 Å². The maximum atomic E-state index is 11.5. The summed E-state index contributed by atoms with van der Waals surface area (Å²) in [7, 11) is -3.00. The van der Waals surface area contributed by atoms with Gasteiger partial charge >= 0.3 is 0 Å². The van der Waals surface area contributed by atoms with Gasteiger partial charge in [0.25, 0.3) is 0 Å². The van der Waals surface area contributed by atoms with E-state index < -0.39 is 10.0 Å². The second-order valence-electron chi connectivity index (χ2n) is 4.45. The van der Waals surface area contributed by atoms with E-state index in [1.807, 2.05) is 0 Å². The maximum absolute atomic E-state index is 11.5. The molecule has 2 unspecified atom stereocenters. The predicted octanol–water partition coefficient (Wildman–Crippen LogP) is 0.196. The molecule has 0 aromatic heterocycles. The van der Waals surface area contributed by atoms with Crippen molar-refractivity contribution in [1.82, 2.24) is 4.72 Å². The minimum atomic E-state index is -3.00. The first-order chi connectivity index (χ1) is 6.59. The molecule has 0 bridgehead atoms. The number of nitrogens with one attached hydrogen (secondary N) is 1. The topological polar surface area (TPSA) is 72.2 Å². The van der Waals surface area contributed by atoms with Gasteiger partial charge in [-0.2, -0.15) is 0 Å². The predicted molar refractivity (Wildman–Crippen MR) is 55.3 cm³/mol. The zero-order valence-corrected chi connectivity index (χ0v) is 9.09. The Labute approximate surface area is 85.3 Å².